The molecular weight excluding hydrogens is 481 g/mol. The molecule has 0 heterocycles. The number of rotatable bonds is 11. The number of benzene rings is 2. The average molecular weight is 513 g/mol. The fourth-order valence-corrected chi connectivity index (χ4v) is 2.74. The lowest BCUT2D eigenvalue weighted by atomic mass is 10.1. The third kappa shape index (κ3) is 9.36. The number of nitrogens with zero attached hydrogens (tertiary/aromatic N) is 1. The second-order valence-electron chi connectivity index (χ2n) is 6.24. The molecular formula is C22H32IN3O3. The molecule has 0 aliphatic carbocycles. The number of aliphatic imine (C=N–C) groups is 1. The van der Waals surface area contributed by atoms with Crippen molar-refractivity contribution in [3.63, 3.8) is 0 Å². The van der Waals surface area contributed by atoms with Gasteiger partial charge in [-0.3, -0.25) is 4.99 Å². The Balaban J connectivity index is 0.00000420. The molecule has 29 heavy (non-hydrogen) atoms. The van der Waals surface area contributed by atoms with Gasteiger partial charge in [-0.05, 0) is 42.2 Å². The van der Waals surface area contributed by atoms with Crippen molar-refractivity contribution < 1.29 is 14.2 Å². The van der Waals surface area contributed by atoms with E-state index in [9.17, 15) is 0 Å². The summed E-state index contributed by atoms with van der Waals surface area (Å²) in [6.45, 7) is 2.89. The van der Waals surface area contributed by atoms with Gasteiger partial charge in [0, 0.05) is 26.7 Å². The predicted molar refractivity (Wildman–Crippen MR) is 129 cm³/mol. The van der Waals surface area contributed by atoms with Crippen LogP contribution in [-0.2, 0) is 17.8 Å². The van der Waals surface area contributed by atoms with Crippen molar-refractivity contribution in [1.82, 2.24) is 10.6 Å². The number of hydrogen-bond donors (Lipinski definition) is 2. The van der Waals surface area contributed by atoms with Gasteiger partial charge in [0.15, 0.2) is 5.96 Å². The third-order valence-corrected chi connectivity index (χ3v) is 4.29. The van der Waals surface area contributed by atoms with Gasteiger partial charge in [0.1, 0.15) is 11.5 Å². The molecule has 0 saturated heterocycles. The zero-order valence-corrected chi connectivity index (χ0v) is 19.8. The number of para-hydroxylation sites is 1. The van der Waals surface area contributed by atoms with E-state index in [0.717, 1.165) is 49.0 Å². The molecule has 160 valence electrons. The quantitative estimate of drug-likeness (QED) is 0.208. The fourth-order valence-electron chi connectivity index (χ4n) is 2.74. The van der Waals surface area contributed by atoms with Gasteiger partial charge < -0.3 is 24.8 Å². The lowest BCUT2D eigenvalue weighted by Gasteiger charge is -2.13. The summed E-state index contributed by atoms with van der Waals surface area (Å²) in [6, 6.07) is 16.0. The van der Waals surface area contributed by atoms with Gasteiger partial charge in [0.25, 0.3) is 0 Å². The number of hydrogen-bond acceptors (Lipinski definition) is 4. The fraction of sp³-hybridized carbons (Fsp3) is 0.409. The maximum Gasteiger partial charge on any atom is 0.190 e. The molecule has 0 aliphatic rings. The number of halogens is 1. The van der Waals surface area contributed by atoms with Gasteiger partial charge in [-0.25, -0.2) is 0 Å². The summed E-state index contributed by atoms with van der Waals surface area (Å²) < 4.78 is 16.3. The summed E-state index contributed by atoms with van der Waals surface area (Å²) in [4.78, 5) is 4.25. The number of methoxy groups -OCH3 is 2. The zero-order chi connectivity index (χ0) is 20.0. The summed E-state index contributed by atoms with van der Waals surface area (Å²) >= 11 is 0. The monoisotopic (exact) mass is 513 g/mol. The van der Waals surface area contributed by atoms with Crippen LogP contribution in [0.5, 0.6) is 11.5 Å². The maximum absolute atomic E-state index is 5.72. The molecule has 0 bridgehead atoms. The van der Waals surface area contributed by atoms with Crippen LogP contribution in [0, 0.1) is 0 Å². The third-order valence-electron chi connectivity index (χ3n) is 4.29. The van der Waals surface area contributed by atoms with E-state index in [0.29, 0.717) is 13.2 Å². The van der Waals surface area contributed by atoms with Crippen molar-refractivity contribution in [1.29, 1.82) is 0 Å². The van der Waals surface area contributed by atoms with Crippen LogP contribution in [0.15, 0.2) is 53.5 Å². The Bertz CT molecular complexity index is 723. The molecule has 0 atom stereocenters. The SMILES string of the molecule is CN=C(NCCCOCc1ccc(OC)cc1)NCCc1ccccc1OC.I. The highest BCUT2D eigenvalue weighted by molar-refractivity contribution is 14.0. The molecule has 0 spiro atoms. The van der Waals surface area contributed by atoms with Crippen LogP contribution < -0.4 is 20.1 Å². The summed E-state index contributed by atoms with van der Waals surface area (Å²) in [5, 5.41) is 6.64. The molecule has 0 fully saturated rings. The van der Waals surface area contributed by atoms with Crippen LogP contribution in [0.25, 0.3) is 0 Å². The Morgan fingerprint density at radius 3 is 2.34 bits per heavy atom. The lowest BCUT2D eigenvalue weighted by molar-refractivity contribution is 0.119. The van der Waals surface area contributed by atoms with E-state index in [-0.39, 0.29) is 24.0 Å². The Kier molecular flexibility index (Phi) is 12.9. The van der Waals surface area contributed by atoms with Gasteiger partial charge in [0.2, 0.25) is 0 Å². The minimum Gasteiger partial charge on any atom is -0.497 e. The van der Waals surface area contributed by atoms with Crippen LogP contribution in [0.1, 0.15) is 17.5 Å². The molecule has 0 amide bonds. The highest BCUT2D eigenvalue weighted by Gasteiger charge is 2.02. The van der Waals surface area contributed by atoms with Crippen LogP contribution in [-0.4, -0.2) is 46.9 Å². The average Bonchev–Trinajstić information content (AvgIpc) is 2.75. The molecule has 0 aromatic heterocycles. The van der Waals surface area contributed by atoms with Crippen molar-refractivity contribution in [3.8, 4) is 11.5 Å². The molecule has 0 radical (unpaired) electrons. The van der Waals surface area contributed by atoms with Crippen LogP contribution >= 0.6 is 24.0 Å². The molecule has 2 aromatic carbocycles. The van der Waals surface area contributed by atoms with Crippen molar-refractivity contribution in [2.24, 2.45) is 4.99 Å². The summed E-state index contributed by atoms with van der Waals surface area (Å²) in [5.41, 5.74) is 2.32. The molecule has 2 N–H and O–H groups in total. The molecule has 0 saturated carbocycles. The predicted octanol–water partition coefficient (Wildman–Crippen LogP) is 3.64. The molecule has 0 aliphatic heterocycles. The van der Waals surface area contributed by atoms with Crippen LogP contribution in [0.2, 0.25) is 0 Å². The van der Waals surface area contributed by atoms with Gasteiger partial charge >= 0.3 is 0 Å². The largest absolute Gasteiger partial charge is 0.497 e. The molecule has 6 nitrogen and oxygen atoms in total. The molecule has 2 aromatic rings. The first-order valence-electron chi connectivity index (χ1n) is 9.54. The molecule has 2 rings (SSSR count). The normalized spacial score (nSPS) is 10.8. The molecule has 7 heteroatoms. The first kappa shape index (κ1) is 25.0. The highest BCUT2D eigenvalue weighted by atomic mass is 127. The molecule has 0 unspecified atom stereocenters. The van der Waals surface area contributed by atoms with E-state index in [1.807, 2.05) is 42.5 Å². The van der Waals surface area contributed by atoms with Crippen molar-refractivity contribution in [2.45, 2.75) is 19.4 Å². The first-order chi connectivity index (χ1) is 13.8. The Hall–Kier alpha value is -2.00. The van der Waals surface area contributed by atoms with E-state index in [1.54, 1.807) is 21.3 Å². The van der Waals surface area contributed by atoms with E-state index in [1.165, 1.54) is 5.56 Å². The van der Waals surface area contributed by atoms with E-state index >= 15 is 0 Å². The lowest BCUT2D eigenvalue weighted by Crippen LogP contribution is -2.39. The second-order valence-corrected chi connectivity index (χ2v) is 6.24. The Morgan fingerprint density at radius 2 is 1.66 bits per heavy atom. The Morgan fingerprint density at radius 1 is 0.931 bits per heavy atom. The van der Waals surface area contributed by atoms with E-state index in [2.05, 4.69) is 21.7 Å². The van der Waals surface area contributed by atoms with E-state index < -0.39 is 0 Å². The van der Waals surface area contributed by atoms with Crippen LogP contribution in [0.4, 0.5) is 0 Å². The van der Waals surface area contributed by atoms with Gasteiger partial charge in [-0.15, -0.1) is 24.0 Å². The maximum atomic E-state index is 5.72. The standard InChI is InChI=1S/C22H31N3O3.HI/c1-23-22(25-15-13-19-7-4-5-8-21(19)27-3)24-14-6-16-28-17-18-9-11-20(26-2)12-10-18;/h4-5,7-12H,6,13-17H2,1-3H3,(H2,23,24,25);1H. The smallest absolute Gasteiger partial charge is 0.190 e. The van der Waals surface area contributed by atoms with E-state index in [4.69, 9.17) is 14.2 Å². The topological polar surface area (TPSA) is 64.1 Å². The minimum absolute atomic E-state index is 0. The van der Waals surface area contributed by atoms with Gasteiger partial charge in [-0.1, -0.05) is 30.3 Å². The van der Waals surface area contributed by atoms with Gasteiger partial charge in [0.05, 0.1) is 20.8 Å². The number of guanidine groups is 1. The summed E-state index contributed by atoms with van der Waals surface area (Å²) in [7, 11) is 5.14. The second kappa shape index (κ2) is 14.9. The van der Waals surface area contributed by atoms with Crippen LogP contribution in [0.3, 0.4) is 0 Å². The summed E-state index contributed by atoms with van der Waals surface area (Å²) in [6.07, 6.45) is 1.78. The Labute approximate surface area is 191 Å². The minimum atomic E-state index is 0. The summed E-state index contributed by atoms with van der Waals surface area (Å²) in [5.74, 6) is 2.57. The number of ether oxygens (including phenoxy) is 3. The first-order valence-corrected chi connectivity index (χ1v) is 9.54. The number of nitrogens with one attached hydrogen (secondary N) is 2. The van der Waals surface area contributed by atoms with Crippen molar-refractivity contribution >= 4 is 29.9 Å². The van der Waals surface area contributed by atoms with Crippen molar-refractivity contribution in [3.05, 3.63) is 59.7 Å². The van der Waals surface area contributed by atoms with Gasteiger partial charge in [-0.2, -0.15) is 0 Å². The zero-order valence-electron chi connectivity index (χ0n) is 17.4. The highest BCUT2D eigenvalue weighted by Crippen LogP contribution is 2.17. The van der Waals surface area contributed by atoms with Crippen molar-refractivity contribution in [2.75, 3.05) is 41.0 Å².